The van der Waals surface area contributed by atoms with Crippen LogP contribution in [0.1, 0.15) is 30.1 Å². The van der Waals surface area contributed by atoms with Crippen LogP contribution in [0.4, 0.5) is 0 Å². The summed E-state index contributed by atoms with van der Waals surface area (Å²) >= 11 is 0. The average Bonchev–Trinajstić information content (AvgIpc) is 3.30. The molecule has 0 bridgehead atoms. The smallest absolute Gasteiger partial charge is 0.317 e. The zero-order valence-corrected chi connectivity index (χ0v) is 16.1. The van der Waals surface area contributed by atoms with E-state index in [4.69, 9.17) is 4.74 Å². The fourth-order valence-corrected chi connectivity index (χ4v) is 2.81. The molecule has 0 spiro atoms. The Morgan fingerprint density at radius 2 is 1.89 bits per heavy atom. The van der Waals surface area contributed by atoms with Crippen molar-refractivity contribution < 1.29 is 4.74 Å². The van der Waals surface area contributed by atoms with Crippen LogP contribution in [0.2, 0.25) is 0 Å². The first kappa shape index (κ1) is 17.8. The van der Waals surface area contributed by atoms with Gasteiger partial charge in [-0.2, -0.15) is 0 Å². The minimum atomic E-state index is -0.437. The third-order valence-electron chi connectivity index (χ3n) is 4.30. The highest BCUT2D eigenvalue weighted by atomic mass is 16.5. The SMILES string of the molecule is Cc1cccc(-n2nnc(C(C)Oc3nnc(-c4ccnc(C)c4)n3C)n2)c1. The molecule has 9 nitrogen and oxygen atoms in total. The van der Waals surface area contributed by atoms with Crippen LogP contribution >= 0.6 is 0 Å². The van der Waals surface area contributed by atoms with E-state index in [1.165, 1.54) is 4.80 Å². The van der Waals surface area contributed by atoms with Gasteiger partial charge in [0, 0.05) is 24.5 Å². The van der Waals surface area contributed by atoms with Crippen LogP contribution in [-0.2, 0) is 7.05 Å². The minimum absolute atomic E-state index is 0.379. The number of pyridine rings is 1. The van der Waals surface area contributed by atoms with Crippen LogP contribution in [0.15, 0.2) is 42.6 Å². The molecular weight excluding hydrogens is 356 g/mol. The molecular formula is C19H20N8O. The van der Waals surface area contributed by atoms with Crippen LogP contribution in [0.3, 0.4) is 0 Å². The third-order valence-corrected chi connectivity index (χ3v) is 4.30. The molecule has 1 unspecified atom stereocenters. The quantitative estimate of drug-likeness (QED) is 0.528. The molecule has 142 valence electrons. The van der Waals surface area contributed by atoms with E-state index in [9.17, 15) is 0 Å². The van der Waals surface area contributed by atoms with Gasteiger partial charge in [-0.3, -0.25) is 9.55 Å². The summed E-state index contributed by atoms with van der Waals surface area (Å²) in [6.45, 7) is 5.80. The second kappa shape index (κ2) is 7.18. The molecule has 0 radical (unpaired) electrons. The van der Waals surface area contributed by atoms with Crippen LogP contribution in [0.25, 0.3) is 17.1 Å². The highest BCUT2D eigenvalue weighted by Crippen LogP contribution is 2.23. The molecule has 0 aliphatic heterocycles. The molecule has 0 amide bonds. The lowest BCUT2D eigenvalue weighted by atomic mass is 10.2. The summed E-state index contributed by atoms with van der Waals surface area (Å²) < 4.78 is 7.72. The molecule has 4 aromatic rings. The summed E-state index contributed by atoms with van der Waals surface area (Å²) in [5, 5.41) is 21.1. The highest BCUT2D eigenvalue weighted by Gasteiger charge is 2.19. The van der Waals surface area contributed by atoms with Gasteiger partial charge in [-0.25, -0.2) is 0 Å². The van der Waals surface area contributed by atoms with Crippen LogP contribution in [0, 0.1) is 13.8 Å². The van der Waals surface area contributed by atoms with Crippen molar-refractivity contribution in [2.75, 3.05) is 0 Å². The molecule has 0 N–H and O–H groups in total. The van der Waals surface area contributed by atoms with E-state index in [1.54, 1.807) is 10.8 Å². The number of benzene rings is 1. The molecule has 1 atom stereocenters. The summed E-state index contributed by atoms with van der Waals surface area (Å²) in [6.07, 6.45) is 1.31. The van der Waals surface area contributed by atoms with Gasteiger partial charge in [0.1, 0.15) is 0 Å². The van der Waals surface area contributed by atoms with Crippen molar-refractivity contribution in [3.8, 4) is 23.1 Å². The normalized spacial score (nSPS) is 12.1. The van der Waals surface area contributed by atoms with E-state index in [1.807, 2.05) is 64.2 Å². The predicted molar refractivity (Wildman–Crippen MR) is 102 cm³/mol. The van der Waals surface area contributed by atoms with Crippen molar-refractivity contribution in [3.05, 3.63) is 59.7 Å². The number of ether oxygens (including phenoxy) is 1. The molecule has 28 heavy (non-hydrogen) atoms. The largest absolute Gasteiger partial charge is 0.452 e. The number of nitrogens with zero attached hydrogens (tertiary/aromatic N) is 8. The van der Waals surface area contributed by atoms with E-state index < -0.39 is 6.10 Å². The fraction of sp³-hybridized carbons (Fsp3) is 0.263. The second-order valence-electron chi connectivity index (χ2n) is 6.59. The molecule has 3 aromatic heterocycles. The molecule has 0 saturated carbocycles. The first-order valence-electron chi connectivity index (χ1n) is 8.87. The lowest BCUT2D eigenvalue weighted by Gasteiger charge is -2.10. The van der Waals surface area contributed by atoms with Crippen LogP contribution in [-0.4, -0.2) is 40.0 Å². The van der Waals surface area contributed by atoms with Crippen molar-refractivity contribution in [1.29, 1.82) is 0 Å². The zero-order valence-electron chi connectivity index (χ0n) is 16.1. The number of aryl methyl sites for hydroxylation is 2. The molecule has 3 heterocycles. The Morgan fingerprint density at radius 3 is 2.68 bits per heavy atom. The highest BCUT2D eigenvalue weighted by molar-refractivity contribution is 5.55. The number of rotatable bonds is 5. The Hall–Kier alpha value is -3.62. The maximum Gasteiger partial charge on any atom is 0.317 e. The Labute approximate surface area is 162 Å². The maximum absolute atomic E-state index is 5.93. The minimum Gasteiger partial charge on any atom is -0.452 e. The van der Waals surface area contributed by atoms with Crippen molar-refractivity contribution in [2.45, 2.75) is 26.9 Å². The van der Waals surface area contributed by atoms with E-state index in [0.717, 1.165) is 22.5 Å². The summed E-state index contributed by atoms with van der Waals surface area (Å²) in [6, 6.07) is 12.1. The summed E-state index contributed by atoms with van der Waals surface area (Å²) in [7, 11) is 1.85. The van der Waals surface area contributed by atoms with Gasteiger partial charge in [0.2, 0.25) is 5.82 Å². The summed E-state index contributed by atoms with van der Waals surface area (Å²) in [4.78, 5) is 5.70. The first-order chi connectivity index (χ1) is 13.5. The molecule has 9 heteroatoms. The van der Waals surface area contributed by atoms with Crippen LogP contribution < -0.4 is 4.74 Å². The van der Waals surface area contributed by atoms with Gasteiger partial charge in [-0.05, 0) is 55.8 Å². The monoisotopic (exact) mass is 376 g/mol. The van der Waals surface area contributed by atoms with Crippen molar-refractivity contribution in [2.24, 2.45) is 7.05 Å². The number of tetrazole rings is 1. The Bertz CT molecular complexity index is 1120. The fourth-order valence-electron chi connectivity index (χ4n) is 2.81. The van der Waals surface area contributed by atoms with Crippen molar-refractivity contribution in [3.63, 3.8) is 0 Å². The first-order valence-corrected chi connectivity index (χ1v) is 8.87. The Morgan fingerprint density at radius 1 is 1.04 bits per heavy atom. The molecule has 0 saturated heterocycles. The second-order valence-corrected chi connectivity index (χ2v) is 6.59. The van der Waals surface area contributed by atoms with Gasteiger partial charge in [0.25, 0.3) is 0 Å². The topological polar surface area (TPSA) is 96.4 Å². The van der Waals surface area contributed by atoms with Gasteiger partial charge >= 0.3 is 6.01 Å². The molecule has 0 aliphatic rings. The van der Waals surface area contributed by atoms with Crippen molar-refractivity contribution in [1.82, 2.24) is 40.0 Å². The molecule has 0 aliphatic carbocycles. The van der Waals surface area contributed by atoms with Gasteiger partial charge in [-0.1, -0.05) is 17.2 Å². The van der Waals surface area contributed by atoms with Gasteiger partial charge in [-0.15, -0.1) is 20.1 Å². The van der Waals surface area contributed by atoms with E-state index in [2.05, 4.69) is 30.6 Å². The van der Waals surface area contributed by atoms with Gasteiger partial charge in [0.15, 0.2) is 11.9 Å². The Balaban J connectivity index is 1.54. The number of hydrogen-bond acceptors (Lipinski definition) is 7. The predicted octanol–water partition coefficient (Wildman–Crippen LogP) is 2.61. The summed E-state index contributed by atoms with van der Waals surface area (Å²) in [5.41, 5.74) is 3.81. The molecule has 0 fully saturated rings. The van der Waals surface area contributed by atoms with E-state index >= 15 is 0 Å². The lowest BCUT2D eigenvalue weighted by Crippen LogP contribution is -2.09. The number of hydrogen-bond donors (Lipinski definition) is 0. The van der Waals surface area contributed by atoms with E-state index in [0.29, 0.717) is 17.7 Å². The van der Waals surface area contributed by atoms with Gasteiger partial charge in [0.05, 0.1) is 5.69 Å². The van der Waals surface area contributed by atoms with Gasteiger partial charge < -0.3 is 4.74 Å². The van der Waals surface area contributed by atoms with Crippen LogP contribution in [0.5, 0.6) is 6.01 Å². The summed E-state index contributed by atoms with van der Waals surface area (Å²) in [5.74, 6) is 1.16. The third kappa shape index (κ3) is 3.46. The molecule has 4 rings (SSSR count). The Kier molecular flexibility index (Phi) is 4.56. The van der Waals surface area contributed by atoms with E-state index in [-0.39, 0.29) is 0 Å². The maximum atomic E-state index is 5.93. The number of aromatic nitrogens is 8. The average molecular weight is 376 g/mol. The molecule has 1 aromatic carbocycles. The lowest BCUT2D eigenvalue weighted by molar-refractivity contribution is 0.190. The van der Waals surface area contributed by atoms with Crippen molar-refractivity contribution >= 4 is 0 Å². The standard InChI is InChI=1S/C19H20N8O/c1-12-6-5-7-16(10-12)27-24-17(21-25-27)14(3)28-19-23-22-18(26(19)4)15-8-9-20-13(2)11-15/h5-11,14H,1-4H3. The zero-order chi connectivity index (χ0) is 19.7.